The fourth-order valence-electron chi connectivity index (χ4n) is 3.95. The molecule has 0 N–H and O–H groups in total. The average molecular weight is 473 g/mol. The summed E-state index contributed by atoms with van der Waals surface area (Å²) >= 11 is 0. The molecule has 0 heterocycles. The van der Waals surface area contributed by atoms with Gasteiger partial charge in [0.15, 0.2) is 0 Å². The second-order valence-electron chi connectivity index (χ2n) is 8.43. The van der Waals surface area contributed by atoms with Gasteiger partial charge in [-0.2, -0.15) is 0 Å². The zero-order chi connectivity index (χ0) is 24.9. The highest BCUT2D eigenvalue weighted by Gasteiger charge is 2.20. The summed E-state index contributed by atoms with van der Waals surface area (Å²) in [7, 11) is 3.25. The molecule has 0 bridgehead atoms. The number of ether oxygens (including phenoxy) is 4. The van der Waals surface area contributed by atoms with Gasteiger partial charge in [0.05, 0.1) is 26.1 Å². The molecule has 0 aliphatic heterocycles. The lowest BCUT2D eigenvalue weighted by molar-refractivity contribution is -0.168. The van der Waals surface area contributed by atoms with Crippen LogP contribution in [-0.4, -0.2) is 33.0 Å². The molecular formula is C29H28O6. The van der Waals surface area contributed by atoms with Gasteiger partial charge in [-0.15, -0.1) is 0 Å². The van der Waals surface area contributed by atoms with Crippen LogP contribution >= 0.6 is 0 Å². The van der Waals surface area contributed by atoms with Crippen LogP contribution in [-0.2, 0) is 19.1 Å². The van der Waals surface area contributed by atoms with E-state index in [1.165, 1.54) is 0 Å². The molecule has 0 amide bonds. The lowest BCUT2D eigenvalue weighted by atomic mass is 9.98. The summed E-state index contributed by atoms with van der Waals surface area (Å²) in [6.07, 6.45) is 0. The largest absolute Gasteiger partial charge is 0.497 e. The Morgan fingerprint density at radius 2 is 0.971 bits per heavy atom. The highest BCUT2D eigenvalue weighted by molar-refractivity contribution is 5.88. The average Bonchev–Trinajstić information content (AvgIpc) is 2.90. The van der Waals surface area contributed by atoms with Crippen LogP contribution in [0.25, 0.3) is 21.5 Å². The van der Waals surface area contributed by atoms with Gasteiger partial charge in [0.25, 0.3) is 0 Å². The Morgan fingerprint density at radius 1 is 0.600 bits per heavy atom. The lowest BCUT2D eigenvalue weighted by Gasteiger charge is -2.15. The smallest absolute Gasteiger partial charge is 0.316 e. The molecule has 0 saturated carbocycles. The van der Waals surface area contributed by atoms with Crippen molar-refractivity contribution in [3.63, 3.8) is 0 Å². The molecule has 35 heavy (non-hydrogen) atoms. The first kappa shape index (κ1) is 24.1. The van der Waals surface area contributed by atoms with Crippen LogP contribution < -0.4 is 9.47 Å². The van der Waals surface area contributed by atoms with Crippen LogP contribution in [0.3, 0.4) is 0 Å². The first-order valence-corrected chi connectivity index (χ1v) is 11.4. The third-order valence-corrected chi connectivity index (χ3v) is 6.25. The van der Waals surface area contributed by atoms with E-state index in [0.29, 0.717) is 0 Å². The predicted octanol–water partition coefficient (Wildman–Crippen LogP) is 5.96. The Hall–Kier alpha value is -4.06. The number of rotatable bonds is 8. The molecule has 0 fully saturated rings. The molecule has 0 aliphatic carbocycles. The van der Waals surface area contributed by atoms with Gasteiger partial charge in [-0.1, -0.05) is 48.5 Å². The van der Waals surface area contributed by atoms with Gasteiger partial charge in [-0.05, 0) is 70.8 Å². The SMILES string of the molecule is COc1ccc2cc(C(C)C(=O)OCOC(=O)C(C)c3ccc4cc(OC)ccc4c3)ccc2c1. The highest BCUT2D eigenvalue weighted by atomic mass is 16.7. The fraction of sp³-hybridized carbons (Fsp3) is 0.241. The molecule has 2 unspecified atom stereocenters. The zero-order valence-electron chi connectivity index (χ0n) is 20.2. The quantitative estimate of drug-likeness (QED) is 0.233. The second kappa shape index (κ2) is 10.5. The fourth-order valence-corrected chi connectivity index (χ4v) is 3.95. The molecule has 0 saturated heterocycles. The van der Waals surface area contributed by atoms with E-state index in [1.807, 2.05) is 72.8 Å². The second-order valence-corrected chi connectivity index (χ2v) is 8.43. The topological polar surface area (TPSA) is 71.1 Å². The van der Waals surface area contributed by atoms with E-state index in [0.717, 1.165) is 44.2 Å². The van der Waals surface area contributed by atoms with Gasteiger partial charge in [-0.25, -0.2) is 0 Å². The molecule has 0 spiro atoms. The first-order valence-electron chi connectivity index (χ1n) is 11.4. The van der Waals surface area contributed by atoms with E-state index in [1.54, 1.807) is 28.1 Å². The summed E-state index contributed by atoms with van der Waals surface area (Å²) in [4.78, 5) is 25.1. The normalized spacial score (nSPS) is 12.7. The summed E-state index contributed by atoms with van der Waals surface area (Å²) in [5, 5.41) is 4.03. The molecule has 4 rings (SSSR count). The molecule has 180 valence electrons. The third-order valence-electron chi connectivity index (χ3n) is 6.25. The summed E-state index contributed by atoms with van der Waals surface area (Å²) in [5.41, 5.74) is 1.64. The summed E-state index contributed by atoms with van der Waals surface area (Å²) in [5.74, 6) is -0.378. The number of carbonyl (C=O) groups is 2. The number of carbonyl (C=O) groups excluding carboxylic acids is 2. The monoisotopic (exact) mass is 472 g/mol. The first-order chi connectivity index (χ1) is 16.9. The van der Waals surface area contributed by atoms with Crippen molar-refractivity contribution in [1.29, 1.82) is 0 Å². The van der Waals surface area contributed by atoms with Crippen molar-refractivity contribution < 1.29 is 28.5 Å². The van der Waals surface area contributed by atoms with Crippen LogP contribution in [0.15, 0.2) is 72.8 Å². The molecule has 4 aromatic rings. The molecular weight excluding hydrogens is 444 g/mol. The molecule has 6 heteroatoms. The van der Waals surface area contributed by atoms with Crippen molar-refractivity contribution in [2.45, 2.75) is 25.7 Å². The zero-order valence-corrected chi connectivity index (χ0v) is 20.2. The summed E-state index contributed by atoms with van der Waals surface area (Å²) in [6.45, 7) is 3.10. The van der Waals surface area contributed by atoms with Crippen LogP contribution in [0, 0.1) is 0 Å². The van der Waals surface area contributed by atoms with E-state index in [4.69, 9.17) is 18.9 Å². The van der Waals surface area contributed by atoms with Crippen molar-refractivity contribution in [3.05, 3.63) is 83.9 Å². The number of methoxy groups -OCH3 is 2. The highest BCUT2D eigenvalue weighted by Crippen LogP contribution is 2.27. The number of hydrogen-bond donors (Lipinski definition) is 0. The van der Waals surface area contributed by atoms with E-state index in [9.17, 15) is 9.59 Å². The number of benzene rings is 4. The maximum Gasteiger partial charge on any atom is 0.316 e. The van der Waals surface area contributed by atoms with E-state index in [2.05, 4.69) is 0 Å². The maximum atomic E-state index is 12.6. The summed E-state index contributed by atoms with van der Waals surface area (Å²) < 4.78 is 21.0. The van der Waals surface area contributed by atoms with Crippen molar-refractivity contribution in [1.82, 2.24) is 0 Å². The lowest BCUT2D eigenvalue weighted by Crippen LogP contribution is -2.19. The van der Waals surface area contributed by atoms with Crippen LogP contribution in [0.5, 0.6) is 11.5 Å². The minimum atomic E-state index is -0.505. The predicted molar refractivity (Wildman–Crippen MR) is 135 cm³/mol. The van der Waals surface area contributed by atoms with Gasteiger partial charge < -0.3 is 18.9 Å². The Bertz CT molecular complexity index is 1270. The molecule has 0 aromatic heterocycles. The van der Waals surface area contributed by atoms with Crippen LogP contribution in [0.4, 0.5) is 0 Å². The standard InChI is InChI=1S/C29H28O6/c1-18(20-5-7-24-15-26(32-3)11-9-22(24)13-20)28(30)34-17-35-29(31)19(2)21-6-8-25-16-27(33-4)12-10-23(25)14-21/h5-16,18-19H,17H2,1-4H3. The van der Waals surface area contributed by atoms with Crippen molar-refractivity contribution in [2.24, 2.45) is 0 Å². The van der Waals surface area contributed by atoms with E-state index in [-0.39, 0.29) is 0 Å². The number of fused-ring (bicyclic) bond motifs is 2. The van der Waals surface area contributed by atoms with Crippen molar-refractivity contribution in [3.8, 4) is 11.5 Å². The number of hydrogen-bond acceptors (Lipinski definition) is 6. The molecule has 4 aromatic carbocycles. The van der Waals surface area contributed by atoms with Crippen LogP contribution in [0.1, 0.15) is 36.8 Å². The van der Waals surface area contributed by atoms with Gasteiger partial charge in [0.2, 0.25) is 6.79 Å². The molecule has 0 aliphatic rings. The van der Waals surface area contributed by atoms with E-state index >= 15 is 0 Å². The van der Waals surface area contributed by atoms with Gasteiger partial charge in [-0.3, -0.25) is 9.59 Å². The summed E-state index contributed by atoms with van der Waals surface area (Å²) in [6, 6.07) is 23.1. The minimum Gasteiger partial charge on any atom is -0.497 e. The molecule has 0 radical (unpaired) electrons. The van der Waals surface area contributed by atoms with Crippen molar-refractivity contribution in [2.75, 3.05) is 21.0 Å². The minimum absolute atomic E-state index is 0.429. The Labute approximate surface area is 204 Å². The van der Waals surface area contributed by atoms with Crippen molar-refractivity contribution >= 4 is 33.5 Å². The van der Waals surface area contributed by atoms with Gasteiger partial charge >= 0.3 is 11.9 Å². The third kappa shape index (κ3) is 5.38. The Balaban J connectivity index is 1.34. The van der Waals surface area contributed by atoms with Gasteiger partial charge in [0, 0.05) is 0 Å². The Morgan fingerprint density at radius 3 is 1.37 bits per heavy atom. The van der Waals surface area contributed by atoms with Crippen LogP contribution in [0.2, 0.25) is 0 Å². The number of esters is 2. The Kier molecular flexibility index (Phi) is 7.20. The maximum absolute atomic E-state index is 12.6. The van der Waals surface area contributed by atoms with E-state index < -0.39 is 30.6 Å². The molecule has 2 atom stereocenters. The van der Waals surface area contributed by atoms with Gasteiger partial charge in [0.1, 0.15) is 11.5 Å². The molecule has 6 nitrogen and oxygen atoms in total.